The van der Waals surface area contributed by atoms with Crippen molar-refractivity contribution in [2.24, 2.45) is 5.92 Å². The number of esters is 1. The minimum Gasteiger partial charge on any atom is -0.449 e. The standard InChI is InChI=1S/C18H20ClNO3S/c1-11(2)10-20-18(22)12(3)23-16(21)9-8-15-17(19)13-6-4-5-7-14(13)24-15/h4-9,11-12H,10H2,1-3H3,(H,20,22)/b9-8+/t12-/m0/s1. The fourth-order valence-corrected chi connectivity index (χ4v) is 3.40. The van der Waals surface area contributed by atoms with Crippen molar-refractivity contribution < 1.29 is 14.3 Å². The van der Waals surface area contributed by atoms with Gasteiger partial charge >= 0.3 is 5.97 Å². The summed E-state index contributed by atoms with van der Waals surface area (Å²) in [6, 6.07) is 7.77. The first-order valence-electron chi connectivity index (χ1n) is 7.72. The zero-order chi connectivity index (χ0) is 17.7. The van der Waals surface area contributed by atoms with Crippen molar-refractivity contribution in [3.05, 3.63) is 40.2 Å². The van der Waals surface area contributed by atoms with Crippen molar-refractivity contribution in [3.63, 3.8) is 0 Å². The molecule has 1 amide bonds. The maximum absolute atomic E-state index is 11.9. The van der Waals surface area contributed by atoms with Gasteiger partial charge < -0.3 is 10.1 Å². The number of halogens is 1. The lowest BCUT2D eigenvalue weighted by Gasteiger charge is -2.13. The average Bonchev–Trinajstić information content (AvgIpc) is 2.87. The molecule has 1 aromatic carbocycles. The van der Waals surface area contributed by atoms with E-state index in [-0.39, 0.29) is 5.91 Å². The topological polar surface area (TPSA) is 55.4 Å². The molecule has 0 bridgehead atoms. The molecule has 1 heterocycles. The fourth-order valence-electron chi connectivity index (χ4n) is 2.00. The number of amides is 1. The molecule has 1 N–H and O–H groups in total. The summed E-state index contributed by atoms with van der Waals surface area (Å²) in [6.45, 7) is 6.09. The van der Waals surface area contributed by atoms with E-state index in [1.807, 2.05) is 38.1 Å². The predicted molar refractivity (Wildman–Crippen MR) is 99.3 cm³/mol. The van der Waals surface area contributed by atoms with Crippen molar-refractivity contribution in [1.82, 2.24) is 5.32 Å². The molecule has 2 aromatic rings. The first-order valence-corrected chi connectivity index (χ1v) is 8.91. The quantitative estimate of drug-likeness (QED) is 0.614. The van der Waals surface area contributed by atoms with Gasteiger partial charge in [0.2, 0.25) is 0 Å². The molecule has 4 nitrogen and oxygen atoms in total. The van der Waals surface area contributed by atoms with Gasteiger partial charge in [-0.05, 0) is 25.0 Å². The van der Waals surface area contributed by atoms with Crippen LogP contribution in [0.25, 0.3) is 16.2 Å². The van der Waals surface area contributed by atoms with Crippen LogP contribution in [-0.4, -0.2) is 24.5 Å². The molecular formula is C18H20ClNO3S. The van der Waals surface area contributed by atoms with E-state index in [9.17, 15) is 9.59 Å². The average molecular weight is 366 g/mol. The Bertz CT molecular complexity index is 767. The van der Waals surface area contributed by atoms with E-state index in [1.165, 1.54) is 17.4 Å². The maximum atomic E-state index is 11.9. The van der Waals surface area contributed by atoms with Gasteiger partial charge in [-0.15, -0.1) is 11.3 Å². The number of fused-ring (bicyclic) bond motifs is 1. The first-order chi connectivity index (χ1) is 11.4. The third-order valence-corrected chi connectivity index (χ3v) is 4.93. The van der Waals surface area contributed by atoms with Gasteiger partial charge in [-0.1, -0.05) is 43.6 Å². The highest BCUT2D eigenvalue weighted by atomic mass is 35.5. The third-order valence-electron chi connectivity index (χ3n) is 3.28. The van der Waals surface area contributed by atoms with Gasteiger partial charge in [0.05, 0.1) is 5.02 Å². The number of thiophene rings is 1. The number of rotatable bonds is 6. The number of benzene rings is 1. The lowest BCUT2D eigenvalue weighted by Crippen LogP contribution is -2.37. The van der Waals surface area contributed by atoms with Crippen LogP contribution in [0, 0.1) is 5.92 Å². The van der Waals surface area contributed by atoms with Crippen LogP contribution < -0.4 is 5.32 Å². The largest absolute Gasteiger partial charge is 0.449 e. The van der Waals surface area contributed by atoms with Crippen LogP contribution in [0.5, 0.6) is 0 Å². The van der Waals surface area contributed by atoms with Crippen molar-refractivity contribution in [1.29, 1.82) is 0 Å². The SMILES string of the molecule is CC(C)CNC(=O)[C@H](C)OC(=O)/C=C/c1sc2ccccc2c1Cl. The Labute approximate surface area is 150 Å². The molecule has 2 rings (SSSR count). The molecule has 0 radical (unpaired) electrons. The van der Waals surface area contributed by atoms with Gasteiger partial charge in [0.25, 0.3) is 5.91 Å². The smallest absolute Gasteiger partial charge is 0.331 e. The highest BCUT2D eigenvalue weighted by molar-refractivity contribution is 7.20. The van der Waals surface area contributed by atoms with Gasteiger partial charge in [-0.25, -0.2) is 4.79 Å². The summed E-state index contributed by atoms with van der Waals surface area (Å²) in [4.78, 5) is 24.4. The second-order valence-electron chi connectivity index (χ2n) is 5.83. The molecule has 0 aliphatic rings. The van der Waals surface area contributed by atoms with Gasteiger partial charge in [-0.3, -0.25) is 4.79 Å². The molecule has 24 heavy (non-hydrogen) atoms. The molecule has 1 aromatic heterocycles. The molecule has 0 unspecified atom stereocenters. The highest BCUT2D eigenvalue weighted by Crippen LogP contribution is 2.35. The predicted octanol–water partition coefficient (Wildman–Crippen LogP) is 4.27. The number of hydrogen-bond acceptors (Lipinski definition) is 4. The number of nitrogens with one attached hydrogen (secondary N) is 1. The molecule has 0 aliphatic carbocycles. The molecule has 6 heteroatoms. The van der Waals surface area contributed by atoms with Crippen LogP contribution in [-0.2, 0) is 14.3 Å². The van der Waals surface area contributed by atoms with Crippen LogP contribution in [0.3, 0.4) is 0 Å². The molecule has 0 spiro atoms. The van der Waals surface area contributed by atoms with Crippen LogP contribution in [0.4, 0.5) is 0 Å². The van der Waals surface area contributed by atoms with Gasteiger partial charge in [0, 0.05) is 27.6 Å². The van der Waals surface area contributed by atoms with Crippen molar-refractivity contribution in [2.45, 2.75) is 26.9 Å². The van der Waals surface area contributed by atoms with E-state index in [2.05, 4.69) is 5.32 Å². The summed E-state index contributed by atoms with van der Waals surface area (Å²) in [7, 11) is 0. The van der Waals surface area contributed by atoms with Crippen molar-refractivity contribution in [3.8, 4) is 0 Å². The van der Waals surface area contributed by atoms with Crippen molar-refractivity contribution in [2.75, 3.05) is 6.54 Å². The molecule has 128 valence electrons. The van der Waals surface area contributed by atoms with E-state index >= 15 is 0 Å². The molecule has 0 fully saturated rings. The van der Waals surface area contributed by atoms with E-state index in [0.29, 0.717) is 17.5 Å². The Morgan fingerprint density at radius 3 is 2.67 bits per heavy atom. The third kappa shape index (κ3) is 4.82. The zero-order valence-electron chi connectivity index (χ0n) is 13.8. The van der Waals surface area contributed by atoms with E-state index in [4.69, 9.17) is 16.3 Å². The van der Waals surface area contributed by atoms with E-state index in [1.54, 1.807) is 13.0 Å². The van der Waals surface area contributed by atoms with Gasteiger partial charge in [-0.2, -0.15) is 0 Å². The Morgan fingerprint density at radius 1 is 1.29 bits per heavy atom. The van der Waals surface area contributed by atoms with Gasteiger partial charge in [0.1, 0.15) is 0 Å². The Hall–Kier alpha value is -1.85. The number of carbonyl (C=O) groups is 2. The van der Waals surface area contributed by atoms with Crippen LogP contribution in [0.1, 0.15) is 25.6 Å². The summed E-state index contributed by atoms with van der Waals surface area (Å²) in [5.41, 5.74) is 0. The monoisotopic (exact) mass is 365 g/mol. The number of carbonyl (C=O) groups excluding carboxylic acids is 2. The van der Waals surface area contributed by atoms with Crippen LogP contribution in [0.15, 0.2) is 30.3 Å². The van der Waals surface area contributed by atoms with Gasteiger partial charge in [0.15, 0.2) is 6.10 Å². The summed E-state index contributed by atoms with van der Waals surface area (Å²) in [5, 5.41) is 4.30. The molecule has 1 atom stereocenters. The second-order valence-corrected chi connectivity index (χ2v) is 7.29. The van der Waals surface area contributed by atoms with Crippen molar-refractivity contribution >= 4 is 51.0 Å². The molecule has 0 saturated heterocycles. The highest BCUT2D eigenvalue weighted by Gasteiger charge is 2.16. The Kier molecular flexibility index (Phi) is 6.40. The maximum Gasteiger partial charge on any atom is 0.331 e. The normalized spacial score (nSPS) is 12.7. The summed E-state index contributed by atoms with van der Waals surface area (Å²) in [5.74, 6) is -0.534. The van der Waals surface area contributed by atoms with E-state index < -0.39 is 12.1 Å². The minimum atomic E-state index is -0.834. The number of hydrogen-bond donors (Lipinski definition) is 1. The Balaban J connectivity index is 1.97. The summed E-state index contributed by atoms with van der Waals surface area (Å²) >= 11 is 7.81. The Morgan fingerprint density at radius 2 is 2.00 bits per heavy atom. The number of ether oxygens (including phenoxy) is 1. The zero-order valence-corrected chi connectivity index (χ0v) is 15.4. The second kappa shape index (κ2) is 8.31. The molecule has 0 aliphatic heterocycles. The lowest BCUT2D eigenvalue weighted by molar-refractivity contribution is -0.150. The van der Waals surface area contributed by atoms with Crippen LogP contribution in [0.2, 0.25) is 5.02 Å². The minimum absolute atomic E-state index is 0.301. The molecular weight excluding hydrogens is 346 g/mol. The first kappa shape index (κ1) is 18.5. The fraction of sp³-hybridized carbons (Fsp3) is 0.333. The lowest BCUT2D eigenvalue weighted by atomic mass is 10.2. The molecule has 0 saturated carbocycles. The summed E-state index contributed by atoms with van der Waals surface area (Å²) < 4.78 is 6.16. The summed E-state index contributed by atoms with van der Waals surface area (Å²) in [6.07, 6.45) is 2.08. The van der Waals surface area contributed by atoms with Crippen LogP contribution >= 0.6 is 22.9 Å². The van der Waals surface area contributed by atoms with E-state index in [0.717, 1.165) is 15.0 Å².